The Balaban J connectivity index is 2.44. The standard InChI is InChI=1S/C13H21NO3/c1-9(2)10(15)13(6-7-13)8-14-11(16)17-12(3,4)5/h1,6-8H2,2-5H3,(H,14,16). The quantitative estimate of drug-likeness (QED) is 0.767. The molecular formula is C13H21NO3. The highest BCUT2D eigenvalue weighted by Gasteiger charge is 2.49. The van der Waals surface area contributed by atoms with Crippen molar-refractivity contribution in [3.8, 4) is 0 Å². The van der Waals surface area contributed by atoms with E-state index in [1.807, 2.05) is 0 Å². The van der Waals surface area contributed by atoms with Gasteiger partial charge in [-0.1, -0.05) is 6.58 Å². The fourth-order valence-corrected chi connectivity index (χ4v) is 1.64. The van der Waals surface area contributed by atoms with Crippen LogP contribution in [-0.2, 0) is 9.53 Å². The molecule has 4 nitrogen and oxygen atoms in total. The van der Waals surface area contributed by atoms with Crippen molar-refractivity contribution in [2.24, 2.45) is 5.41 Å². The number of ether oxygens (including phenoxy) is 1. The van der Waals surface area contributed by atoms with Gasteiger partial charge in [0.15, 0.2) is 5.78 Å². The van der Waals surface area contributed by atoms with E-state index < -0.39 is 17.1 Å². The van der Waals surface area contributed by atoms with Gasteiger partial charge in [0.2, 0.25) is 0 Å². The lowest BCUT2D eigenvalue weighted by atomic mass is 9.96. The normalized spacial score (nSPS) is 17.2. The number of ketones is 1. The predicted molar refractivity (Wildman–Crippen MR) is 65.7 cm³/mol. The molecule has 1 rings (SSSR count). The lowest BCUT2D eigenvalue weighted by molar-refractivity contribution is -0.120. The molecule has 0 aliphatic heterocycles. The molecule has 96 valence electrons. The van der Waals surface area contributed by atoms with E-state index in [1.165, 1.54) is 0 Å². The molecule has 0 spiro atoms. The zero-order valence-corrected chi connectivity index (χ0v) is 11.1. The largest absolute Gasteiger partial charge is 0.444 e. The number of nitrogens with one attached hydrogen (secondary N) is 1. The fraction of sp³-hybridized carbons (Fsp3) is 0.692. The van der Waals surface area contributed by atoms with Crippen molar-refractivity contribution < 1.29 is 14.3 Å². The first-order chi connectivity index (χ1) is 7.66. The van der Waals surface area contributed by atoms with E-state index in [2.05, 4.69) is 11.9 Å². The Morgan fingerprint density at radius 2 is 1.88 bits per heavy atom. The average molecular weight is 239 g/mol. The van der Waals surface area contributed by atoms with Crippen LogP contribution in [-0.4, -0.2) is 24.0 Å². The van der Waals surface area contributed by atoms with Crippen molar-refractivity contribution in [3.63, 3.8) is 0 Å². The van der Waals surface area contributed by atoms with Crippen LogP contribution in [0.15, 0.2) is 12.2 Å². The van der Waals surface area contributed by atoms with E-state index in [0.29, 0.717) is 12.1 Å². The van der Waals surface area contributed by atoms with E-state index in [4.69, 9.17) is 4.74 Å². The van der Waals surface area contributed by atoms with Gasteiger partial charge in [0.1, 0.15) is 5.60 Å². The van der Waals surface area contributed by atoms with Gasteiger partial charge in [-0.15, -0.1) is 0 Å². The molecule has 0 saturated heterocycles. The van der Waals surface area contributed by atoms with Crippen LogP contribution in [0.2, 0.25) is 0 Å². The smallest absolute Gasteiger partial charge is 0.407 e. The van der Waals surface area contributed by atoms with E-state index >= 15 is 0 Å². The first kappa shape index (κ1) is 13.7. The maximum absolute atomic E-state index is 11.8. The van der Waals surface area contributed by atoms with Crippen molar-refractivity contribution in [2.45, 2.75) is 46.1 Å². The first-order valence-corrected chi connectivity index (χ1v) is 5.83. The van der Waals surface area contributed by atoms with Crippen LogP contribution < -0.4 is 5.32 Å². The minimum absolute atomic E-state index is 0.0496. The summed E-state index contributed by atoms with van der Waals surface area (Å²) in [6, 6.07) is 0. The van der Waals surface area contributed by atoms with Crippen LogP contribution >= 0.6 is 0 Å². The zero-order chi connectivity index (χ0) is 13.3. The molecule has 1 fully saturated rings. The number of carbonyl (C=O) groups is 2. The second-order valence-electron chi connectivity index (χ2n) is 5.75. The highest BCUT2D eigenvalue weighted by Crippen LogP contribution is 2.47. The van der Waals surface area contributed by atoms with Gasteiger partial charge in [-0.2, -0.15) is 0 Å². The van der Waals surface area contributed by atoms with Crippen LogP contribution in [0.1, 0.15) is 40.5 Å². The molecule has 0 heterocycles. The second-order valence-corrected chi connectivity index (χ2v) is 5.75. The summed E-state index contributed by atoms with van der Waals surface area (Å²) in [5.41, 5.74) is -0.379. The second kappa shape index (κ2) is 4.51. The van der Waals surface area contributed by atoms with E-state index in [1.54, 1.807) is 27.7 Å². The summed E-state index contributed by atoms with van der Waals surface area (Å²) in [5, 5.41) is 2.65. The Labute approximate surface area is 102 Å². The minimum atomic E-state index is -0.515. The van der Waals surface area contributed by atoms with E-state index in [0.717, 1.165) is 12.8 Å². The van der Waals surface area contributed by atoms with Gasteiger partial charge in [0.05, 0.1) is 5.41 Å². The Hall–Kier alpha value is -1.32. The molecule has 0 radical (unpaired) electrons. The highest BCUT2D eigenvalue weighted by molar-refractivity contribution is 6.01. The van der Waals surface area contributed by atoms with Crippen LogP contribution in [0.5, 0.6) is 0 Å². The van der Waals surface area contributed by atoms with Gasteiger partial charge in [0, 0.05) is 6.54 Å². The summed E-state index contributed by atoms with van der Waals surface area (Å²) >= 11 is 0. The molecule has 0 aromatic carbocycles. The molecule has 1 saturated carbocycles. The SMILES string of the molecule is C=C(C)C(=O)C1(CNC(=O)OC(C)(C)C)CC1. The van der Waals surface area contributed by atoms with Crippen LogP contribution in [0.25, 0.3) is 0 Å². The molecule has 0 aromatic rings. The van der Waals surface area contributed by atoms with Gasteiger partial charge in [-0.25, -0.2) is 4.79 Å². The van der Waals surface area contributed by atoms with Crippen molar-refractivity contribution in [1.82, 2.24) is 5.32 Å². The Morgan fingerprint density at radius 3 is 2.24 bits per heavy atom. The molecule has 1 amide bonds. The molecule has 0 atom stereocenters. The van der Waals surface area contributed by atoms with Crippen molar-refractivity contribution in [1.29, 1.82) is 0 Å². The monoisotopic (exact) mass is 239 g/mol. The lowest BCUT2D eigenvalue weighted by Crippen LogP contribution is -2.38. The van der Waals surface area contributed by atoms with Gasteiger partial charge >= 0.3 is 6.09 Å². The summed E-state index contributed by atoms with van der Waals surface area (Å²) in [4.78, 5) is 23.3. The fourth-order valence-electron chi connectivity index (χ4n) is 1.64. The maximum Gasteiger partial charge on any atom is 0.407 e. The van der Waals surface area contributed by atoms with Crippen LogP contribution in [0.3, 0.4) is 0 Å². The third-order valence-corrected chi connectivity index (χ3v) is 2.69. The molecule has 1 aliphatic rings. The Morgan fingerprint density at radius 1 is 1.35 bits per heavy atom. The highest BCUT2D eigenvalue weighted by atomic mass is 16.6. The summed E-state index contributed by atoms with van der Waals surface area (Å²) in [6.07, 6.45) is 1.15. The predicted octanol–water partition coefficient (Wildman–Crippen LogP) is 2.44. The molecule has 4 heteroatoms. The lowest BCUT2D eigenvalue weighted by Gasteiger charge is -2.21. The number of carbonyl (C=O) groups excluding carboxylic acids is 2. The summed E-state index contributed by atoms with van der Waals surface area (Å²) in [6.45, 7) is 11.1. The van der Waals surface area contributed by atoms with Gasteiger partial charge in [-0.05, 0) is 46.1 Å². The first-order valence-electron chi connectivity index (χ1n) is 5.83. The molecule has 17 heavy (non-hydrogen) atoms. The molecular weight excluding hydrogens is 218 g/mol. The average Bonchev–Trinajstić information content (AvgIpc) is 2.91. The van der Waals surface area contributed by atoms with Gasteiger partial charge in [-0.3, -0.25) is 4.79 Å². The number of allylic oxidation sites excluding steroid dienone is 1. The van der Waals surface area contributed by atoms with Crippen LogP contribution in [0, 0.1) is 5.41 Å². The van der Waals surface area contributed by atoms with E-state index in [-0.39, 0.29) is 5.78 Å². The summed E-state index contributed by atoms with van der Waals surface area (Å²) in [7, 11) is 0. The Kier molecular flexibility index (Phi) is 3.65. The Bertz CT molecular complexity index is 348. The topological polar surface area (TPSA) is 55.4 Å². The third kappa shape index (κ3) is 3.88. The summed E-state index contributed by atoms with van der Waals surface area (Å²) < 4.78 is 5.12. The van der Waals surface area contributed by atoms with Gasteiger partial charge < -0.3 is 10.1 Å². The molecule has 1 aliphatic carbocycles. The number of amides is 1. The van der Waals surface area contributed by atoms with Crippen molar-refractivity contribution in [3.05, 3.63) is 12.2 Å². The van der Waals surface area contributed by atoms with E-state index in [9.17, 15) is 9.59 Å². The molecule has 1 N–H and O–H groups in total. The summed E-state index contributed by atoms with van der Waals surface area (Å²) in [5.74, 6) is 0.0496. The van der Waals surface area contributed by atoms with Gasteiger partial charge in [0.25, 0.3) is 0 Å². The maximum atomic E-state index is 11.8. The number of Topliss-reactive ketones (excluding diaryl/α,β-unsaturated/α-hetero) is 1. The number of alkyl carbamates (subject to hydrolysis) is 1. The number of hydrogen-bond acceptors (Lipinski definition) is 3. The van der Waals surface area contributed by atoms with Crippen molar-refractivity contribution in [2.75, 3.05) is 6.54 Å². The third-order valence-electron chi connectivity index (χ3n) is 2.69. The molecule has 0 bridgehead atoms. The number of rotatable bonds is 4. The minimum Gasteiger partial charge on any atom is -0.444 e. The molecule has 0 aromatic heterocycles. The zero-order valence-electron chi connectivity index (χ0n) is 11.1. The number of hydrogen-bond donors (Lipinski definition) is 1. The molecule has 0 unspecified atom stereocenters. The van der Waals surface area contributed by atoms with Crippen LogP contribution in [0.4, 0.5) is 4.79 Å². The van der Waals surface area contributed by atoms with Crippen molar-refractivity contribution >= 4 is 11.9 Å².